The minimum atomic E-state index is -0.546. The van der Waals surface area contributed by atoms with Gasteiger partial charge in [-0.1, -0.05) is 84.5 Å². The van der Waals surface area contributed by atoms with Crippen molar-refractivity contribution in [2.45, 2.75) is 87.9 Å². The van der Waals surface area contributed by atoms with Crippen molar-refractivity contribution in [2.24, 2.45) is 0 Å². The summed E-state index contributed by atoms with van der Waals surface area (Å²) in [6.45, 7) is 2.37. The van der Waals surface area contributed by atoms with Crippen LogP contribution >= 0.6 is 23.1 Å². The molecular weight excluding hydrogens is 576 g/mol. The first kappa shape index (κ1) is 32.1. The van der Waals surface area contributed by atoms with Crippen LogP contribution in [0.5, 0.6) is 0 Å². The minimum absolute atomic E-state index is 0.00172. The van der Waals surface area contributed by atoms with Gasteiger partial charge in [0.05, 0.1) is 18.8 Å². The Balaban J connectivity index is 1.30. The summed E-state index contributed by atoms with van der Waals surface area (Å²) < 4.78 is 13.7. The van der Waals surface area contributed by atoms with E-state index in [1.54, 1.807) is 28.6 Å². The number of nitrogens with zero attached hydrogens (tertiary/aromatic N) is 2. The zero-order chi connectivity index (χ0) is 29.7. The largest absolute Gasteiger partial charge is 0.392 e. The lowest BCUT2D eigenvalue weighted by molar-refractivity contribution is -0.245. The SMILES string of the molecule is Cc1nnc(SCC2CC(c3ccc(CO)cc3)OC(c3ccc(CNC(=O)CCCCCCC(=O)NO)cc3)O2)s1. The molecule has 1 aromatic heterocycles. The molecular formula is C30H38N4O6S2. The Kier molecular flexibility index (Phi) is 12.7. The van der Waals surface area contributed by atoms with E-state index >= 15 is 0 Å². The second-order valence-electron chi connectivity index (χ2n) is 10.2. The van der Waals surface area contributed by atoms with Crippen LogP contribution in [0.1, 0.15) is 84.6 Å². The van der Waals surface area contributed by atoms with Gasteiger partial charge in [0.25, 0.3) is 0 Å². The van der Waals surface area contributed by atoms with Gasteiger partial charge in [-0.3, -0.25) is 14.8 Å². The van der Waals surface area contributed by atoms with Crippen LogP contribution in [0.2, 0.25) is 0 Å². The van der Waals surface area contributed by atoms with Crippen LogP contribution in [-0.2, 0) is 32.2 Å². The number of aromatic nitrogens is 2. The maximum atomic E-state index is 12.3. The molecule has 1 fully saturated rings. The molecule has 2 heterocycles. The second kappa shape index (κ2) is 16.7. The van der Waals surface area contributed by atoms with E-state index < -0.39 is 6.29 Å². The lowest BCUT2D eigenvalue weighted by Crippen LogP contribution is -2.31. The minimum Gasteiger partial charge on any atom is -0.392 e. The van der Waals surface area contributed by atoms with Crippen molar-refractivity contribution in [1.82, 2.24) is 21.0 Å². The number of aryl methyl sites for hydroxylation is 1. The maximum absolute atomic E-state index is 12.3. The van der Waals surface area contributed by atoms with E-state index in [-0.39, 0.29) is 37.0 Å². The Labute approximate surface area is 254 Å². The third-order valence-electron chi connectivity index (χ3n) is 6.94. The number of ether oxygens (including phenoxy) is 2. The van der Waals surface area contributed by atoms with E-state index in [1.807, 2.05) is 55.5 Å². The van der Waals surface area contributed by atoms with Crippen molar-refractivity contribution in [3.8, 4) is 0 Å². The number of amides is 2. The normalized spacial score (nSPS) is 18.5. The predicted octanol–water partition coefficient (Wildman–Crippen LogP) is 5.14. The van der Waals surface area contributed by atoms with Gasteiger partial charge in [0.2, 0.25) is 11.8 Å². The highest BCUT2D eigenvalue weighted by Crippen LogP contribution is 2.39. The van der Waals surface area contributed by atoms with Crippen molar-refractivity contribution < 1.29 is 29.4 Å². The molecule has 12 heteroatoms. The molecule has 4 rings (SSSR count). The first-order chi connectivity index (χ1) is 20.4. The zero-order valence-electron chi connectivity index (χ0n) is 23.7. The van der Waals surface area contributed by atoms with E-state index in [0.29, 0.717) is 25.8 Å². The topological polar surface area (TPSA) is 143 Å². The fraction of sp³-hybridized carbons (Fsp3) is 0.467. The lowest BCUT2D eigenvalue weighted by atomic mass is 10.0. The molecule has 4 N–H and O–H groups in total. The van der Waals surface area contributed by atoms with E-state index in [0.717, 1.165) is 56.6 Å². The lowest BCUT2D eigenvalue weighted by Gasteiger charge is -2.36. The monoisotopic (exact) mass is 614 g/mol. The molecule has 0 saturated carbocycles. The first-order valence-electron chi connectivity index (χ1n) is 14.2. The molecule has 2 aromatic carbocycles. The summed E-state index contributed by atoms with van der Waals surface area (Å²) in [4.78, 5) is 23.3. The number of hydrogen-bond acceptors (Lipinski definition) is 10. The summed E-state index contributed by atoms with van der Waals surface area (Å²) >= 11 is 3.21. The molecule has 1 saturated heterocycles. The number of thioether (sulfide) groups is 1. The van der Waals surface area contributed by atoms with Gasteiger partial charge < -0.3 is 19.9 Å². The number of nitrogens with one attached hydrogen (secondary N) is 2. The fourth-order valence-electron chi connectivity index (χ4n) is 4.59. The Bertz CT molecular complexity index is 1270. The van der Waals surface area contributed by atoms with Gasteiger partial charge in [-0.25, -0.2) is 5.48 Å². The summed E-state index contributed by atoms with van der Waals surface area (Å²) in [5.74, 6) is 0.334. The van der Waals surface area contributed by atoms with Crippen LogP contribution in [0.25, 0.3) is 0 Å². The number of unbranched alkanes of at least 4 members (excludes halogenated alkanes) is 3. The number of aliphatic hydroxyl groups excluding tert-OH is 1. The van der Waals surface area contributed by atoms with Crippen molar-refractivity contribution in [3.63, 3.8) is 0 Å². The van der Waals surface area contributed by atoms with Crippen LogP contribution in [0, 0.1) is 6.92 Å². The van der Waals surface area contributed by atoms with Crippen LogP contribution < -0.4 is 10.8 Å². The molecule has 3 aromatic rings. The summed E-state index contributed by atoms with van der Waals surface area (Å²) in [7, 11) is 0. The molecule has 2 amide bonds. The standard InChI is InChI=1S/C30H38N4O6S2/c1-20-32-33-30(42-20)41-19-25-16-26(23-12-10-22(18-35)11-13-23)40-29(39-25)24-14-8-21(9-15-24)17-31-27(36)6-4-2-3-5-7-28(37)34-38/h8-15,25-26,29,35,38H,2-7,16-19H2,1H3,(H,31,36)(H,34,37). The Morgan fingerprint density at radius 1 is 0.929 bits per heavy atom. The molecule has 3 unspecified atom stereocenters. The van der Waals surface area contributed by atoms with Crippen molar-refractivity contribution in [2.75, 3.05) is 5.75 Å². The summed E-state index contributed by atoms with van der Waals surface area (Å²) in [6.07, 6.45) is 3.78. The number of hydrogen-bond donors (Lipinski definition) is 4. The van der Waals surface area contributed by atoms with Gasteiger partial charge in [0.1, 0.15) is 5.01 Å². The summed E-state index contributed by atoms with van der Waals surface area (Å²) in [5, 5.41) is 30.2. The van der Waals surface area contributed by atoms with Crippen LogP contribution in [-0.4, -0.2) is 44.2 Å². The van der Waals surface area contributed by atoms with E-state index in [1.165, 1.54) is 0 Å². The average Bonchev–Trinajstić information content (AvgIpc) is 3.45. The number of benzene rings is 2. The van der Waals surface area contributed by atoms with Gasteiger partial charge in [-0.05, 0) is 36.5 Å². The molecule has 3 atom stereocenters. The molecule has 10 nitrogen and oxygen atoms in total. The van der Waals surface area contributed by atoms with E-state index in [2.05, 4.69) is 15.5 Å². The Hall–Kier alpha value is -2.87. The number of aliphatic hydroxyl groups is 1. The van der Waals surface area contributed by atoms with Crippen LogP contribution in [0.4, 0.5) is 0 Å². The van der Waals surface area contributed by atoms with Crippen molar-refractivity contribution in [1.29, 1.82) is 0 Å². The predicted molar refractivity (Wildman–Crippen MR) is 160 cm³/mol. The second-order valence-corrected chi connectivity index (χ2v) is 12.7. The maximum Gasteiger partial charge on any atom is 0.243 e. The molecule has 1 aliphatic heterocycles. The number of rotatable bonds is 15. The Morgan fingerprint density at radius 2 is 1.60 bits per heavy atom. The number of hydroxylamine groups is 1. The molecule has 0 spiro atoms. The van der Waals surface area contributed by atoms with Gasteiger partial charge in [0, 0.05) is 37.1 Å². The molecule has 0 aliphatic carbocycles. The third-order valence-corrected chi connectivity index (χ3v) is 9.04. The van der Waals surface area contributed by atoms with E-state index in [9.17, 15) is 14.7 Å². The highest BCUT2D eigenvalue weighted by Gasteiger charge is 2.32. The number of carbonyl (C=O) groups excluding carboxylic acids is 2. The molecule has 0 radical (unpaired) electrons. The van der Waals surface area contributed by atoms with Gasteiger partial charge >= 0.3 is 0 Å². The van der Waals surface area contributed by atoms with Gasteiger partial charge in [-0.2, -0.15) is 0 Å². The zero-order valence-corrected chi connectivity index (χ0v) is 25.3. The van der Waals surface area contributed by atoms with Gasteiger partial charge in [-0.15, -0.1) is 10.2 Å². The molecule has 0 bridgehead atoms. The van der Waals surface area contributed by atoms with E-state index in [4.69, 9.17) is 14.7 Å². The first-order valence-corrected chi connectivity index (χ1v) is 16.0. The summed E-state index contributed by atoms with van der Waals surface area (Å²) in [5.41, 5.74) is 5.40. The Morgan fingerprint density at radius 3 is 2.24 bits per heavy atom. The van der Waals surface area contributed by atoms with Gasteiger partial charge in [0.15, 0.2) is 10.6 Å². The quantitative estimate of drug-likeness (QED) is 0.0792. The summed E-state index contributed by atoms with van der Waals surface area (Å²) in [6, 6.07) is 15.7. The molecule has 226 valence electrons. The highest BCUT2D eigenvalue weighted by atomic mass is 32.2. The highest BCUT2D eigenvalue weighted by molar-refractivity contribution is 8.01. The average molecular weight is 615 g/mol. The van der Waals surface area contributed by atoms with Crippen LogP contribution in [0.3, 0.4) is 0 Å². The molecule has 42 heavy (non-hydrogen) atoms. The molecule has 1 aliphatic rings. The van der Waals surface area contributed by atoms with Crippen LogP contribution in [0.15, 0.2) is 52.9 Å². The number of carbonyl (C=O) groups is 2. The fourth-order valence-corrected chi connectivity index (χ4v) is 6.45. The van der Waals surface area contributed by atoms with Crippen molar-refractivity contribution in [3.05, 3.63) is 75.8 Å². The van der Waals surface area contributed by atoms with Crippen molar-refractivity contribution >= 4 is 34.9 Å². The third kappa shape index (κ3) is 10.1. The smallest absolute Gasteiger partial charge is 0.243 e.